The number of carbonyl (C=O) groups is 1. The maximum absolute atomic E-state index is 12.6. The second-order valence-electron chi connectivity index (χ2n) is 17.4. The highest BCUT2D eigenvalue weighted by molar-refractivity contribution is 7.45. The lowest BCUT2D eigenvalue weighted by Gasteiger charge is -2.36. The molecule has 3 N–H and O–H groups in total. The minimum absolute atomic E-state index is 0.0164. The van der Waals surface area contributed by atoms with E-state index in [0.29, 0.717) is 36.7 Å². The van der Waals surface area contributed by atoms with Gasteiger partial charge in [0, 0.05) is 18.8 Å². The van der Waals surface area contributed by atoms with Crippen LogP contribution in [-0.4, -0.2) is 104 Å². The summed E-state index contributed by atoms with van der Waals surface area (Å²) in [5.74, 6) is -0.714. The van der Waals surface area contributed by atoms with Gasteiger partial charge in [0.05, 0.1) is 52.3 Å². The van der Waals surface area contributed by atoms with Crippen molar-refractivity contribution in [1.82, 2.24) is 0 Å². The second-order valence-corrected chi connectivity index (χ2v) is 18.8. The summed E-state index contributed by atoms with van der Waals surface area (Å²) in [7, 11) is 1.21. The van der Waals surface area contributed by atoms with Crippen molar-refractivity contribution < 1.29 is 57.3 Å². The molecule has 346 valence electrons. The standard InChI is InChI=1S/C46H86NO11P/c1-6-8-10-11-12-13-14-15-16-17-18-19-20-21-24-28-35-54-41(39-57-59(52,53)56-36-34-47(3,4)5)38-55-45(50)31-27-23-22-26-30-42-43(49)37-46(51)58-44(42)33-32-40(48)29-25-9-7-2/h22,26,28,32-33,35,40-44,46,48-49,51H,6-21,23-25,27,29-31,34,36-39H2,1-5H3/b26-22-,33-32+,35-28-/t40-,41+,42-,43-,44+,46?/m0/s1. The van der Waals surface area contributed by atoms with Crippen molar-refractivity contribution in [3.63, 3.8) is 0 Å². The van der Waals surface area contributed by atoms with Gasteiger partial charge in [-0.2, -0.15) is 0 Å². The SMILES string of the molecule is CCCCCCCCCCCCCCCC/C=C\O[C@H](COC(=O)CCC/C=C\C[C@H]1[C@@H](O)CC(O)O[C@@H]1/C=C/[C@@H](O)CCCCC)COP(=O)([O-])OCC[N+](C)(C)C. The number of rotatable bonds is 38. The Morgan fingerprint density at radius 2 is 1.41 bits per heavy atom. The van der Waals surface area contributed by atoms with Crippen LogP contribution in [0.5, 0.6) is 0 Å². The van der Waals surface area contributed by atoms with Gasteiger partial charge in [-0.25, -0.2) is 0 Å². The third kappa shape index (κ3) is 32.7. The summed E-state index contributed by atoms with van der Waals surface area (Å²) in [6.45, 7) is 4.30. The summed E-state index contributed by atoms with van der Waals surface area (Å²) in [6, 6.07) is 0. The van der Waals surface area contributed by atoms with Gasteiger partial charge in [0.15, 0.2) is 12.4 Å². The quantitative estimate of drug-likeness (QED) is 0.0135. The van der Waals surface area contributed by atoms with Gasteiger partial charge < -0.3 is 48.0 Å². The van der Waals surface area contributed by atoms with Crippen LogP contribution in [0, 0.1) is 5.92 Å². The third-order valence-corrected chi connectivity index (χ3v) is 11.5. The Labute approximate surface area is 359 Å². The molecule has 1 rings (SSSR count). The zero-order chi connectivity index (χ0) is 43.6. The molecular formula is C46H86NO11P. The van der Waals surface area contributed by atoms with Gasteiger partial charge in [-0.1, -0.05) is 141 Å². The summed E-state index contributed by atoms with van der Waals surface area (Å²) in [6.07, 6.45) is 31.6. The van der Waals surface area contributed by atoms with Gasteiger partial charge in [0.25, 0.3) is 7.82 Å². The van der Waals surface area contributed by atoms with E-state index < -0.39 is 44.5 Å². The first-order valence-electron chi connectivity index (χ1n) is 23.2. The molecule has 0 aromatic rings. The van der Waals surface area contributed by atoms with E-state index in [1.165, 1.54) is 83.3 Å². The van der Waals surface area contributed by atoms with Crippen LogP contribution in [0.3, 0.4) is 0 Å². The van der Waals surface area contributed by atoms with E-state index in [1.54, 1.807) is 12.2 Å². The molecule has 0 aliphatic carbocycles. The highest BCUT2D eigenvalue weighted by Crippen LogP contribution is 2.38. The van der Waals surface area contributed by atoms with Crippen LogP contribution in [0.15, 0.2) is 36.6 Å². The van der Waals surface area contributed by atoms with Crippen molar-refractivity contribution in [3.8, 4) is 0 Å². The van der Waals surface area contributed by atoms with Crippen molar-refractivity contribution >= 4 is 13.8 Å². The predicted molar refractivity (Wildman–Crippen MR) is 234 cm³/mol. The first-order valence-corrected chi connectivity index (χ1v) is 24.6. The van der Waals surface area contributed by atoms with Gasteiger partial charge >= 0.3 is 5.97 Å². The Morgan fingerprint density at radius 1 is 0.814 bits per heavy atom. The number of unbranched alkanes of at least 4 members (excludes halogenated alkanes) is 17. The normalized spacial score (nSPS) is 21.0. The molecule has 0 amide bonds. The summed E-state index contributed by atoms with van der Waals surface area (Å²) in [4.78, 5) is 25.0. The summed E-state index contributed by atoms with van der Waals surface area (Å²) in [5, 5.41) is 31.0. The van der Waals surface area contributed by atoms with Crippen molar-refractivity contribution in [2.24, 2.45) is 5.92 Å². The minimum atomic E-state index is -4.58. The van der Waals surface area contributed by atoms with Crippen LogP contribution in [0.1, 0.15) is 168 Å². The monoisotopic (exact) mass is 860 g/mol. The van der Waals surface area contributed by atoms with Crippen LogP contribution in [0.25, 0.3) is 0 Å². The van der Waals surface area contributed by atoms with Gasteiger partial charge in [0.1, 0.15) is 19.8 Å². The Morgan fingerprint density at radius 3 is 2.03 bits per heavy atom. The van der Waals surface area contributed by atoms with Crippen molar-refractivity contribution in [1.29, 1.82) is 0 Å². The van der Waals surface area contributed by atoms with Gasteiger partial charge in [-0.3, -0.25) is 9.36 Å². The third-order valence-electron chi connectivity index (χ3n) is 10.6. The molecule has 13 heteroatoms. The molecule has 1 aliphatic heterocycles. The highest BCUT2D eigenvalue weighted by atomic mass is 31.2. The zero-order valence-corrected chi connectivity index (χ0v) is 38.6. The Hall–Kier alpha value is -1.60. The van der Waals surface area contributed by atoms with E-state index in [-0.39, 0.29) is 38.6 Å². The molecule has 1 fully saturated rings. The number of ether oxygens (including phenoxy) is 3. The number of hydrogen-bond donors (Lipinski definition) is 3. The number of esters is 1. The number of aliphatic hydroxyl groups excluding tert-OH is 3. The molecule has 7 atom stereocenters. The average Bonchev–Trinajstić information content (AvgIpc) is 3.17. The predicted octanol–water partition coefficient (Wildman–Crippen LogP) is 9.21. The van der Waals surface area contributed by atoms with E-state index in [4.69, 9.17) is 23.3 Å². The highest BCUT2D eigenvalue weighted by Gasteiger charge is 2.35. The van der Waals surface area contributed by atoms with E-state index in [0.717, 1.165) is 38.5 Å². The molecule has 1 aliphatic rings. The summed E-state index contributed by atoms with van der Waals surface area (Å²) >= 11 is 0. The fraction of sp³-hybridized carbons (Fsp3) is 0.848. The average molecular weight is 860 g/mol. The van der Waals surface area contributed by atoms with E-state index in [1.807, 2.05) is 39.4 Å². The maximum atomic E-state index is 12.6. The number of hydrogen-bond acceptors (Lipinski definition) is 11. The fourth-order valence-corrected chi connectivity index (χ4v) is 7.53. The number of quaternary nitrogens is 1. The molecule has 0 saturated carbocycles. The first-order chi connectivity index (χ1) is 28.3. The molecule has 1 saturated heterocycles. The number of aliphatic hydroxyl groups is 3. The largest absolute Gasteiger partial charge is 0.756 e. The molecule has 0 spiro atoms. The Bertz CT molecular complexity index is 1160. The summed E-state index contributed by atoms with van der Waals surface area (Å²) in [5.41, 5.74) is 0. The smallest absolute Gasteiger partial charge is 0.305 e. The lowest BCUT2D eigenvalue weighted by Crippen LogP contribution is -2.43. The van der Waals surface area contributed by atoms with Gasteiger partial charge in [-0.15, -0.1) is 0 Å². The lowest BCUT2D eigenvalue weighted by molar-refractivity contribution is -0.870. The van der Waals surface area contributed by atoms with E-state index in [9.17, 15) is 29.6 Å². The molecular weight excluding hydrogens is 773 g/mol. The number of phosphoric acid groups is 1. The van der Waals surface area contributed by atoms with Crippen molar-refractivity contribution in [3.05, 3.63) is 36.6 Å². The molecule has 0 aromatic heterocycles. The Balaban J connectivity index is 2.48. The van der Waals surface area contributed by atoms with Gasteiger partial charge in [-0.05, 0) is 44.6 Å². The number of allylic oxidation sites excluding steroid dienone is 3. The summed E-state index contributed by atoms with van der Waals surface area (Å²) < 4.78 is 40.0. The van der Waals surface area contributed by atoms with Crippen LogP contribution >= 0.6 is 7.82 Å². The van der Waals surface area contributed by atoms with Crippen molar-refractivity contribution in [2.45, 2.75) is 199 Å². The Kier molecular flexibility index (Phi) is 32.8. The second kappa shape index (κ2) is 34.9. The molecule has 1 heterocycles. The molecule has 0 aromatic carbocycles. The topological polar surface area (TPSA) is 164 Å². The number of carbonyl (C=O) groups excluding carboxylic acids is 1. The molecule has 2 unspecified atom stereocenters. The molecule has 0 radical (unpaired) electrons. The van der Waals surface area contributed by atoms with Crippen LogP contribution < -0.4 is 4.89 Å². The van der Waals surface area contributed by atoms with Crippen molar-refractivity contribution in [2.75, 3.05) is 47.5 Å². The zero-order valence-electron chi connectivity index (χ0n) is 37.7. The number of likely N-dealkylation sites (N-methyl/N-ethyl adjacent to an activating group) is 1. The molecule has 0 bridgehead atoms. The van der Waals surface area contributed by atoms with Crippen LogP contribution in [-0.2, 0) is 32.6 Å². The fourth-order valence-electron chi connectivity index (χ4n) is 6.80. The maximum Gasteiger partial charge on any atom is 0.305 e. The number of phosphoric ester groups is 1. The van der Waals surface area contributed by atoms with E-state index in [2.05, 4.69) is 13.8 Å². The van der Waals surface area contributed by atoms with Crippen LogP contribution in [0.2, 0.25) is 0 Å². The lowest BCUT2D eigenvalue weighted by atomic mass is 9.87. The van der Waals surface area contributed by atoms with Crippen LogP contribution in [0.4, 0.5) is 0 Å². The minimum Gasteiger partial charge on any atom is -0.756 e. The molecule has 12 nitrogen and oxygen atoms in total. The first kappa shape index (κ1) is 55.4. The number of nitrogens with zero attached hydrogens (tertiary/aromatic N) is 1. The molecule has 59 heavy (non-hydrogen) atoms. The van der Waals surface area contributed by atoms with Gasteiger partial charge in [0.2, 0.25) is 0 Å². The van der Waals surface area contributed by atoms with E-state index >= 15 is 0 Å².